The maximum atomic E-state index is 12.6. The molecule has 0 saturated heterocycles. The second kappa shape index (κ2) is 10.0. The van der Waals surface area contributed by atoms with Gasteiger partial charge >= 0.3 is 0 Å². The molecule has 0 heterocycles. The van der Waals surface area contributed by atoms with Gasteiger partial charge in [-0.15, -0.1) is 0 Å². The van der Waals surface area contributed by atoms with Crippen LogP contribution in [0.1, 0.15) is 48.5 Å². The van der Waals surface area contributed by atoms with Crippen molar-refractivity contribution >= 4 is 15.7 Å². The highest BCUT2D eigenvalue weighted by atomic mass is 32.2. The van der Waals surface area contributed by atoms with Gasteiger partial charge in [-0.2, -0.15) is 0 Å². The Morgan fingerprint density at radius 2 is 1.83 bits per heavy atom. The van der Waals surface area contributed by atoms with Crippen LogP contribution in [0.25, 0.3) is 0 Å². The van der Waals surface area contributed by atoms with Crippen molar-refractivity contribution in [1.29, 1.82) is 0 Å². The van der Waals surface area contributed by atoms with Gasteiger partial charge in [-0.25, -0.2) is 8.42 Å². The van der Waals surface area contributed by atoms with Crippen molar-refractivity contribution in [2.75, 3.05) is 13.2 Å². The summed E-state index contributed by atoms with van der Waals surface area (Å²) < 4.78 is 31.0. The van der Waals surface area contributed by atoms with Crippen molar-refractivity contribution < 1.29 is 17.9 Å². The topological polar surface area (TPSA) is 72.5 Å². The second-order valence-electron chi connectivity index (χ2n) is 7.70. The van der Waals surface area contributed by atoms with Crippen molar-refractivity contribution in [2.24, 2.45) is 5.92 Å². The average Bonchev–Trinajstić information content (AvgIpc) is 2.73. The molecule has 1 fully saturated rings. The number of carbonyl (C=O) groups is 1. The second-order valence-corrected chi connectivity index (χ2v) is 9.69. The molecule has 0 bridgehead atoms. The van der Waals surface area contributed by atoms with Crippen molar-refractivity contribution in [3.63, 3.8) is 0 Å². The molecule has 1 saturated carbocycles. The number of hydrogen-bond acceptors (Lipinski definition) is 4. The number of rotatable bonds is 8. The molecule has 0 aromatic heterocycles. The van der Waals surface area contributed by atoms with Crippen LogP contribution in [0.2, 0.25) is 0 Å². The smallest absolute Gasteiger partial charge is 0.251 e. The summed E-state index contributed by atoms with van der Waals surface area (Å²) in [6.07, 6.45) is 5.06. The van der Waals surface area contributed by atoms with Crippen molar-refractivity contribution in [3.05, 3.63) is 65.7 Å². The Bertz CT molecular complexity index is 911. The maximum absolute atomic E-state index is 12.6. The summed E-state index contributed by atoms with van der Waals surface area (Å²) in [5, 5.41) is 2.86. The minimum absolute atomic E-state index is 0.138. The van der Waals surface area contributed by atoms with E-state index >= 15 is 0 Å². The molecule has 0 aliphatic heterocycles. The highest BCUT2D eigenvalue weighted by molar-refractivity contribution is 7.90. The zero-order valence-corrected chi connectivity index (χ0v) is 17.7. The van der Waals surface area contributed by atoms with E-state index in [2.05, 4.69) is 12.2 Å². The van der Waals surface area contributed by atoms with Crippen LogP contribution < -0.4 is 5.32 Å². The van der Waals surface area contributed by atoms with Gasteiger partial charge in [0.1, 0.15) is 0 Å². The van der Waals surface area contributed by atoms with E-state index in [-0.39, 0.29) is 22.7 Å². The lowest BCUT2D eigenvalue weighted by Crippen LogP contribution is -2.31. The molecule has 2 aromatic rings. The molecule has 5 nitrogen and oxygen atoms in total. The van der Waals surface area contributed by atoms with E-state index in [1.54, 1.807) is 54.6 Å². The fourth-order valence-electron chi connectivity index (χ4n) is 3.74. The van der Waals surface area contributed by atoms with Gasteiger partial charge in [0.15, 0.2) is 9.84 Å². The summed E-state index contributed by atoms with van der Waals surface area (Å²) >= 11 is 0. The summed E-state index contributed by atoms with van der Waals surface area (Å²) in [7, 11) is -3.45. The number of hydrogen-bond donors (Lipinski definition) is 1. The summed E-state index contributed by atoms with van der Waals surface area (Å²) in [6.45, 7) is 3.15. The Morgan fingerprint density at radius 1 is 1.07 bits per heavy atom. The third kappa shape index (κ3) is 6.15. The first kappa shape index (κ1) is 21.5. The number of ether oxygens (including phenoxy) is 1. The van der Waals surface area contributed by atoms with E-state index in [1.807, 2.05) is 0 Å². The van der Waals surface area contributed by atoms with Crippen LogP contribution in [-0.4, -0.2) is 33.6 Å². The third-order valence-electron chi connectivity index (χ3n) is 5.40. The van der Waals surface area contributed by atoms with E-state index in [1.165, 1.54) is 19.3 Å². The van der Waals surface area contributed by atoms with Gasteiger partial charge in [0.2, 0.25) is 0 Å². The first-order valence-corrected chi connectivity index (χ1v) is 11.9. The molecule has 1 aliphatic carbocycles. The predicted molar refractivity (Wildman–Crippen MR) is 113 cm³/mol. The van der Waals surface area contributed by atoms with E-state index in [0.717, 1.165) is 6.42 Å². The minimum Gasteiger partial charge on any atom is -0.376 e. The largest absolute Gasteiger partial charge is 0.376 e. The molecule has 1 aliphatic rings. The first-order valence-electron chi connectivity index (χ1n) is 10.2. The number of nitrogens with one attached hydrogen (secondary N) is 1. The van der Waals surface area contributed by atoms with Crippen molar-refractivity contribution in [2.45, 2.75) is 49.4 Å². The fourth-order valence-corrected chi connectivity index (χ4v) is 5.10. The minimum atomic E-state index is -3.45. The van der Waals surface area contributed by atoms with Crippen LogP contribution in [0.5, 0.6) is 0 Å². The van der Waals surface area contributed by atoms with Crippen LogP contribution in [0.4, 0.5) is 0 Å². The zero-order chi connectivity index (χ0) is 20.7. The van der Waals surface area contributed by atoms with E-state index < -0.39 is 9.84 Å². The van der Waals surface area contributed by atoms with Crippen molar-refractivity contribution in [3.8, 4) is 0 Å². The van der Waals surface area contributed by atoms with Gasteiger partial charge < -0.3 is 10.1 Å². The molecule has 1 amide bonds. The van der Waals surface area contributed by atoms with Gasteiger partial charge in [0.05, 0.1) is 23.4 Å². The summed E-state index contributed by atoms with van der Waals surface area (Å²) in [5.74, 6) is 0.216. The molecule has 156 valence electrons. The molecular weight excluding hydrogens is 386 g/mol. The third-order valence-corrected chi connectivity index (χ3v) is 7.10. The fraction of sp³-hybridized carbons (Fsp3) is 0.435. The van der Waals surface area contributed by atoms with Crippen LogP contribution in [-0.2, 0) is 20.3 Å². The quantitative estimate of drug-likeness (QED) is 0.662. The number of sulfone groups is 1. The normalized spacial score (nSPS) is 19.6. The molecule has 0 spiro atoms. The SMILES string of the molecule is CC1CCCCC1OCCNC(=O)c1cccc(CS(=O)(=O)c2ccccc2)c1. The summed E-state index contributed by atoms with van der Waals surface area (Å²) in [4.78, 5) is 12.7. The summed E-state index contributed by atoms with van der Waals surface area (Å²) in [5.41, 5.74) is 1.05. The van der Waals surface area contributed by atoms with Crippen molar-refractivity contribution in [1.82, 2.24) is 5.32 Å². The first-order chi connectivity index (χ1) is 14.0. The van der Waals surface area contributed by atoms with Gasteiger partial charge in [0, 0.05) is 12.1 Å². The van der Waals surface area contributed by atoms with E-state index in [4.69, 9.17) is 4.74 Å². The summed E-state index contributed by atoms with van der Waals surface area (Å²) in [6, 6.07) is 15.1. The highest BCUT2D eigenvalue weighted by Crippen LogP contribution is 2.26. The van der Waals surface area contributed by atoms with Crippen LogP contribution in [0.3, 0.4) is 0 Å². The lowest BCUT2D eigenvalue weighted by molar-refractivity contribution is -0.00293. The van der Waals surface area contributed by atoms with Gasteiger partial charge in [-0.3, -0.25) is 4.79 Å². The van der Waals surface area contributed by atoms with E-state index in [0.29, 0.717) is 30.2 Å². The molecule has 6 heteroatoms. The highest BCUT2D eigenvalue weighted by Gasteiger charge is 2.21. The van der Waals surface area contributed by atoms with Gasteiger partial charge in [-0.05, 0) is 48.6 Å². The van der Waals surface area contributed by atoms with E-state index in [9.17, 15) is 13.2 Å². The molecule has 2 atom stereocenters. The lowest BCUT2D eigenvalue weighted by Gasteiger charge is -2.28. The predicted octanol–water partition coefficient (Wildman–Crippen LogP) is 3.99. The zero-order valence-electron chi connectivity index (χ0n) is 16.8. The number of benzene rings is 2. The Hall–Kier alpha value is -2.18. The lowest BCUT2D eigenvalue weighted by atomic mass is 9.88. The van der Waals surface area contributed by atoms with Crippen LogP contribution in [0, 0.1) is 5.92 Å². The molecular formula is C23H29NO4S. The Balaban J connectivity index is 1.53. The molecule has 29 heavy (non-hydrogen) atoms. The monoisotopic (exact) mass is 415 g/mol. The molecule has 2 unspecified atom stereocenters. The number of carbonyl (C=O) groups excluding carboxylic acids is 1. The van der Waals surface area contributed by atoms with Crippen LogP contribution >= 0.6 is 0 Å². The Kier molecular flexibility index (Phi) is 7.45. The average molecular weight is 416 g/mol. The van der Waals surface area contributed by atoms with Gasteiger partial charge in [0.25, 0.3) is 5.91 Å². The molecule has 3 rings (SSSR count). The Labute approximate surface area is 173 Å². The van der Waals surface area contributed by atoms with Gasteiger partial charge in [-0.1, -0.05) is 50.1 Å². The Morgan fingerprint density at radius 3 is 2.59 bits per heavy atom. The number of amides is 1. The molecule has 0 radical (unpaired) electrons. The molecule has 2 aromatic carbocycles. The molecule has 1 N–H and O–H groups in total. The van der Waals surface area contributed by atoms with Crippen LogP contribution in [0.15, 0.2) is 59.5 Å². The standard InChI is InChI=1S/C23H29NO4S/c1-18-8-5-6-13-22(18)28-15-14-24-23(25)20-10-7-9-19(16-20)17-29(26,27)21-11-3-2-4-12-21/h2-4,7,9-12,16,18,22H,5-6,8,13-15,17H2,1H3,(H,24,25). The maximum Gasteiger partial charge on any atom is 0.251 e.